The highest BCUT2D eigenvalue weighted by molar-refractivity contribution is 6.02. The zero-order chi connectivity index (χ0) is 12.8. The van der Waals surface area contributed by atoms with E-state index in [0.717, 1.165) is 0 Å². The summed E-state index contributed by atoms with van der Waals surface area (Å²) in [6.07, 6.45) is 1.69. The first-order chi connectivity index (χ1) is 8.06. The van der Waals surface area contributed by atoms with Crippen LogP contribution in [0, 0.1) is 0 Å². The van der Waals surface area contributed by atoms with Crippen molar-refractivity contribution < 1.29 is 14.7 Å². The molecule has 1 amide bonds. The average molecular weight is 233 g/mol. The van der Waals surface area contributed by atoms with Crippen molar-refractivity contribution in [2.24, 2.45) is 0 Å². The SMILES string of the molecule is CC=C(C)C(=O)CNC(=O)c1ccccc1O. The molecule has 0 unspecified atom stereocenters. The number of phenols is 1. The fraction of sp³-hybridized carbons (Fsp3) is 0.231. The molecule has 1 aromatic rings. The van der Waals surface area contributed by atoms with Crippen LogP contribution in [0.25, 0.3) is 0 Å². The van der Waals surface area contributed by atoms with E-state index in [4.69, 9.17) is 0 Å². The molecule has 0 aliphatic heterocycles. The quantitative estimate of drug-likeness (QED) is 0.777. The van der Waals surface area contributed by atoms with Crippen molar-refractivity contribution in [1.82, 2.24) is 5.32 Å². The highest BCUT2D eigenvalue weighted by atomic mass is 16.3. The number of nitrogens with one attached hydrogen (secondary N) is 1. The topological polar surface area (TPSA) is 66.4 Å². The second-order valence-electron chi connectivity index (χ2n) is 3.59. The summed E-state index contributed by atoms with van der Waals surface area (Å²) in [5, 5.41) is 11.9. The van der Waals surface area contributed by atoms with Gasteiger partial charge >= 0.3 is 0 Å². The molecule has 0 saturated carbocycles. The number of benzene rings is 1. The lowest BCUT2D eigenvalue weighted by Gasteiger charge is -2.06. The molecule has 0 atom stereocenters. The van der Waals surface area contributed by atoms with Gasteiger partial charge in [-0.2, -0.15) is 0 Å². The predicted octanol–water partition coefficient (Wildman–Crippen LogP) is 1.66. The molecule has 1 rings (SSSR count). The maximum Gasteiger partial charge on any atom is 0.255 e. The average Bonchev–Trinajstić information content (AvgIpc) is 2.35. The first-order valence-corrected chi connectivity index (χ1v) is 5.28. The third-order valence-electron chi connectivity index (χ3n) is 2.43. The number of ketones is 1. The van der Waals surface area contributed by atoms with Gasteiger partial charge < -0.3 is 10.4 Å². The molecule has 90 valence electrons. The monoisotopic (exact) mass is 233 g/mol. The molecule has 17 heavy (non-hydrogen) atoms. The fourth-order valence-electron chi connectivity index (χ4n) is 1.22. The van der Waals surface area contributed by atoms with E-state index in [-0.39, 0.29) is 23.6 Å². The van der Waals surface area contributed by atoms with Crippen molar-refractivity contribution >= 4 is 11.7 Å². The highest BCUT2D eigenvalue weighted by Gasteiger charge is 2.11. The van der Waals surface area contributed by atoms with Crippen molar-refractivity contribution in [3.05, 3.63) is 41.5 Å². The minimum Gasteiger partial charge on any atom is -0.507 e. The summed E-state index contributed by atoms with van der Waals surface area (Å²) in [6.45, 7) is 3.38. The third kappa shape index (κ3) is 3.45. The van der Waals surface area contributed by atoms with Crippen LogP contribution >= 0.6 is 0 Å². The molecular weight excluding hydrogens is 218 g/mol. The van der Waals surface area contributed by atoms with Gasteiger partial charge in [0, 0.05) is 0 Å². The molecule has 0 aromatic heterocycles. The second-order valence-corrected chi connectivity index (χ2v) is 3.59. The number of phenolic OH excluding ortho intramolecular Hbond substituents is 1. The van der Waals surface area contributed by atoms with Crippen LogP contribution in [0.2, 0.25) is 0 Å². The molecule has 0 fully saturated rings. The van der Waals surface area contributed by atoms with Crippen LogP contribution in [0.4, 0.5) is 0 Å². The number of carbonyl (C=O) groups excluding carboxylic acids is 2. The predicted molar refractivity (Wildman–Crippen MR) is 64.9 cm³/mol. The van der Waals surface area contributed by atoms with Gasteiger partial charge in [-0.1, -0.05) is 18.2 Å². The molecule has 0 saturated heterocycles. The Kier molecular flexibility index (Phi) is 4.46. The Morgan fingerprint density at radius 3 is 2.59 bits per heavy atom. The number of Topliss-reactive ketones (excluding diaryl/α,β-unsaturated/α-hetero) is 1. The summed E-state index contributed by atoms with van der Waals surface area (Å²) >= 11 is 0. The molecule has 0 aliphatic carbocycles. The Morgan fingerprint density at radius 1 is 1.35 bits per heavy atom. The molecule has 1 aromatic carbocycles. The zero-order valence-electron chi connectivity index (χ0n) is 9.86. The molecule has 0 aliphatic rings. The first-order valence-electron chi connectivity index (χ1n) is 5.28. The van der Waals surface area contributed by atoms with Crippen molar-refractivity contribution in [2.45, 2.75) is 13.8 Å². The van der Waals surface area contributed by atoms with Crippen LogP contribution in [0.1, 0.15) is 24.2 Å². The van der Waals surface area contributed by atoms with E-state index in [9.17, 15) is 14.7 Å². The minimum absolute atomic E-state index is 0.0661. The second kappa shape index (κ2) is 5.84. The summed E-state index contributed by atoms with van der Waals surface area (Å²) in [7, 11) is 0. The number of amides is 1. The lowest BCUT2D eigenvalue weighted by atomic mass is 10.1. The Hall–Kier alpha value is -2.10. The molecule has 4 nitrogen and oxygen atoms in total. The Labute approximate surface area is 100.0 Å². The summed E-state index contributed by atoms with van der Waals surface area (Å²) < 4.78 is 0. The van der Waals surface area contributed by atoms with E-state index in [2.05, 4.69) is 5.32 Å². The van der Waals surface area contributed by atoms with Crippen LogP contribution in [-0.4, -0.2) is 23.3 Å². The smallest absolute Gasteiger partial charge is 0.255 e. The zero-order valence-corrected chi connectivity index (χ0v) is 9.86. The normalized spacial score (nSPS) is 11.1. The van der Waals surface area contributed by atoms with E-state index in [0.29, 0.717) is 5.57 Å². The maximum absolute atomic E-state index is 11.6. The van der Waals surface area contributed by atoms with Gasteiger partial charge in [0.15, 0.2) is 5.78 Å². The van der Waals surface area contributed by atoms with E-state index >= 15 is 0 Å². The number of hydrogen-bond acceptors (Lipinski definition) is 3. The van der Waals surface area contributed by atoms with Gasteiger partial charge in [0.1, 0.15) is 5.75 Å². The highest BCUT2D eigenvalue weighted by Crippen LogP contribution is 2.14. The van der Waals surface area contributed by atoms with Gasteiger partial charge in [-0.15, -0.1) is 0 Å². The van der Waals surface area contributed by atoms with Crippen molar-refractivity contribution in [3.63, 3.8) is 0 Å². The maximum atomic E-state index is 11.6. The van der Waals surface area contributed by atoms with Crippen molar-refractivity contribution in [3.8, 4) is 5.75 Å². The molecular formula is C13H15NO3. The van der Waals surface area contributed by atoms with Crippen molar-refractivity contribution in [1.29, 1.82) is 0 Å². The van der Waals surface area contributed by atoms with E-state index in [1.807, 2.05) is 0 Å². The van der Waals surface area contributed by atoms with E-state index in [1.54, 1.807) is 32.1 Å². The largest absolute Gasteiger partial charge is 0.507 e. The first kappa shape index (κ1) is 13.0. The van der Waals surface area contributed by atoms with Gasteiger partial charge in [0.05, 0.1) is 12.1 Å². The number of allylic oxidation sites excluding steroid dienone is 1. The Morgan fingerprint density at radius 2 is 2.00 bits per heavy atom. The van der Waals surface area contributed by atoms with Gasteiger partial charge in [0.25, 0.3) is 5.91 Å². The molecule has 0 radical (unpaired) electrons. The van der Waals surface area contributed by atoms with Crippen LogP contribution in [-0.2, 0) is 4.79 Å². The number of aromatic hydroxyl groups is 1. The van der Waals surface area contributed by atoms with Gasteiger partial charge in [-0.3, -0.25) is 9.59 Å². The van der Waals surface area contributed by atoms with Crippen LogP contribution in [0.15, 0.2) is 35.9 Å². The Balaban J connectivity index is 2.63. The van der Waals surface area contributed by atoms with Crippen molar-refractivity contribution in [2.75, 3.05) is 6.54 Å². The van der Waals surface area contributed by atoms with Crippen LogP contribution in [0.5, 0.6) is 5.75 Å². The van der Waals surface area contributed by atoms with Gasteiger partial charge in [-0.25, -0.2) is 0 Å². The summed E-state index contributed by atoms with van der Waals surface area (Å²) in [5.41, 5.74) is 0.765. The van der Waals surface area contributed by atoms with E-state index < -0.39 is 5.91 Å². The summed E-state index contributed by atoms with van der Waals surface area (Å²) in [6, 6.07) is 6.19. The molecule has 0 spiro atoms. The standard InChI is InChI=1S/C13H15NO3/c1-3-9(2)12(16)8-14-13(17)10-6-4-5-7-11(10)15/h3-7,15H,8H2,1-2H3,(H,14,17). The molecule has 0 bridgehead atoms. The molecule has 2 N–H and O–H groups in total. The number of carbonyl (C=O) groups is 2. The van der Waals surface area contributed by atoms with Gasteiger partial charge in [0.2, 0.25) is 0 Å². The number of para-hydroxylation sites is 1. The van der Waals surface area contributed by atoms with Gasteiger partial charge in [-0.05, 0) is 31.6 Å². The molecule has 4 heteroatoms. The van der Waals surface area contributed by atoms with Crippen LogP contribution in [0.3, 0.4) is 0 Å². The lowest BCUT2D eigenvalue weighted by Crippen LogP contribution is -2.29. The van der Waals surface area contributed by atoms with Crippen LogP contribution < -0.4 is 5.32 Å². The van der Waals surface area contributed by atoms with E-state index in [1.165, 1.54) is 12.1 Å². The fourth-order valence-corrected chi connectivity index (χ4v) is 1.22. The summed E-state index contributed by atoms with van der Waals surface area (Å²) in [4.78, 5) is 23.1. The Bertz CT molecular complexity index is 463. The molecule has 0 heterocycles. The third-order valence-corrected chi connectivity index (χ3v) is 2.43. The number of hydrogen-bond donors (Lipinski definition) is 2. The minimum atomic E-state index is -0.458. The lowest BCUT2D eigenvalue weighted by molar-refractivity contribution is -0.114. The summed E-state index contributed by atoms with van der Waals surface area (Å²) in [5.74, 6) is -0.697. The number of rotatable bonds is 4.